The van der Waals surface area contributed by atoms with E-state index in [4.69, 9.17) is 11.5 Å². The molecule has 216 valence electrons. The molecule has 0 saturated carbocycles. The van der Waals surface area contributed by atoms with Gasteiger partial charge in [0.05, 0.1) is 11.8 Å². The summed E-state index contributed by atoms with van der Waals surface area (Å²) in [6.07, 6.45) is -0.251. The molecular formula is C27H32N8O6. The number of nitrogens with two attached hydrogens (primary N) is 2. The van der Waals surface area contributed by atoms with E-state index >= 15 is 0 Å². The molecule has 0 saturated heterocycles. The van der Waals surface area contributed by atoms with Gasteiger partial charge in [-0.05, 0) is 57.4 Å². The van der Waals surface area contributed by atoms with Gasteiger partial charge in [-0.3, -0.25) is 28.8 Å². The maximum absolute atomic E-state index is 13.5. The molecule has 2 atom stereocenters. The summed E-state index contributed by atoms with van der Waals surface area (Å²) in [6, 6.07) is 14.0. The van der Waals surface area contributed by atoms with Crippen molar-refractivity contribution in [1.29, 1.82) is 0 Å². The van der Waals surface area contributed by atoms with Crippen LogP contribution in [-0.4, -0.2) is 46.9 Å². The molecule has 14 heteroatoms. The normalized spacial score (nSPS) is 12.9. The predicted molar refractivity (Wildman–Crippen MR) is 152 cm³/mol. The lowest BCUT2D eigenvalue weighted by Crippen LogP contribution is -2.39. The zero-order chi connectivity index (χ0) is 30.7. The van der Waals surface area contributed by atoms with Gasteiger partial charge in [-0.25, -0.2) is 10.9 Å². The van der Waals surface area contributed by atoms with E-state index in [9.17, 15) is 28.8 Å². The monoisotopic (exact) mass is 564 g/mol. The SMILES string of the molecule is C/C(=N/NC(=O)C(N)=O)[C@H](C[C@H](C(=O)Nc1ccccc1C)/C(C)=N/NC(=O)C(N)=O)C(=O)Nc1ccccc1C. The van der Waals surface area contributed by atoms with Gasteiger partial charge in [0.1, 0.15) is 0 Å². The van der Waals surface area contributed by atoms with Gasteiger partial charge >= 0.3 is 23.6 Å². The van der Waals surface area contributed by atoms with Gasteiger partial charge in [0.25, 0.3) is 0 Å². The Morgan fingerprint density at radius 2 is 1.00 bits per heavy atom. The highest BCUT2D eigenvalue weighted by Crippen LogP contribution is 2.23. The molecule has 0 unspecified atom stereocenters. The van der Waals surface area contributed by atoms with Crippen LogP contribution in [0.15, 0.2) is 58.7 Å². The van der Waals surface area contributed by atoms with Crippen molar-refractivity contribution >= 4 is 58.2 Å². The molecule has 0 aliphatic heterocycles. The van der Waals surface area contributed by atoms with Crippen LogP contribution in [0, 0.1) is 25.7 Å². The number of hydrazone groups is 2. The first-order valence-corrected chi connectivity index (χ1v) is 12.3. The van der Waals surface area contributed by atoms with Crippen molar-refractivity contribution in [2.45, 2.75) is 34.1 Å². The minimum absolute atomic E-state index is 0.0355. The van der Waals surface area contributed by atoms with E-state index < -0.39 is 47.3 Å². The van der Waals surface area contributed by atoms with Gasteiger partial charge in [-0.1, -0.05) is 36.4 Å². The number of nitrogens with zero attached hydrogens (tertiary/aromatic N) is 2. The van der Waals surface area contributed by atoms with Crippen LogP contribution in [0.4, 0.5) is 11.4 Å². The number of primary amides is 2. The number of hydrogen-bond acceptors (Lipinski definition) is 8. The maximum atomic E-state index is 13.5. The Bertz CT molecular complexity index is 1310. The van der Waals surface area contributed by atoms with Crippen molar-refractivity contribution < 1.29 is 28.8 Å². The number of anilines is 2. The molecule has 6 amide bonds. The van der Waals surface area contributed by atoms with Gasteiger partial charge < -0.3 is 22.1 Å². The molecule has 0 fully saturated rings. The second kappa shape index (κ2) is 14.7. The quantitative estimate of drug-likeness (QED) is 0.136. The number of carbonyl (C=O) groups excluding carboxylic acids is 6. The second-order valence-electron chi connectivity index (χ2n) is 9.07. The molecule has 0 heterocycles. The number of nitrogens with one attached hydrogen (secondary N) is 4. The molecule has 0 aromatic heterocycles. The van der Waals surface area contributed by atoms with Crippen LogP contribution in [0.2, 0.25) is 0 Å². The molecule has 0 aliphatic carbocycles. The second-order valence-corrected chi connectivity index (χ2v) is 9.07. The molecule has 0 aliphatic rings. The zero-order valence-electron chi connectivity index (χ0n) is 23.0. The number of carbonyl (C=O) groups is 6. The van der Waals surface area contributed by atoms with Gasteiger partial charge in [-0.15, -0.1) is 0 Å². The van der Waals surface area contributed by atoms with Crippen LogP contribution in [0.25, 0.3) is 0 Å². The molecule has 2 rings (SSSR count). The highest BCUT2D eigenvalue weighted by atomic mass is 16.2. The Morgan fingerprint density at radius 3 is 1.32 bits per heavy atom. The van der Waals surface area contributed by atoms with Crippen LogP contribution in [0.5, 0.6) is 0 Å². The fourth-order valence-corrected chi connectivity index (χ4v) is 3.58. The van der Waals surface area contributed by atoms with Crippen LogP contribution in [0.1, 0.15) is 31.4 Å². The Kier molecular flexibility index (Phi) is 11.4. The van der Waals surface area contributed by atoms with E-state index in [1.165, 1.54) is 13.8 Å². The third-order valence-corrected chi connectivity index (χ3v) is 6.03. The third-order valence-electron chi connectivity index (χ3n) is 6.03. The van der Waals surface area contributed by atoms with E-state index in [0.717, 1.165) is 11.1 Å². The Balaban J connectivity index is 2.51. The van der Waals surface area contributed by atoms with E-state index in [2.05, 4.69) is 20.8 Å². The van der Waals surface area contributed by atoms with Crippen molar-refractivity contribution in [2.75, 3.05) is 10.6 Å². The van der Waals surface area contributed by atoms with Gasteiger partial charge in [-0.2, -0.15) is 10.2 Å². The lowest BCUT2D eigenvalue weighted by molar-refractivity contribution is -0.137. The molecule has 0 radical (unpaired) electrons. The first-order valence-electron chi connectivity index (χ1n) is 12.3. The maximum Gasteiger partial charge on any atom is 0.329 e. The highest BCUT2D eigenvalue weighted by molar-refractivity contribution is 6.35. The highest BCUT2D eigenvalue weighted by Gasteiger charge is 2.32. The molecular weight excluding hydrogens is 532 g/mol. The van der Waals surface area contributed by atoms with Crippen LogP contribution >= 0.6 is 0 Å². The van der Waals surface area contributed by atoms with Gasteiger partial charge in [0.2, 0.25) is 11.8 Å². The van der Waals surface area contributed by atoms with E-state index in [1.807, 2.05) is 10.9 Å². The first kappa shape index (κ1) is 31.8. The summed E-state index contributed by atoms with van der Waals surface area (Å²) < 4.78 is 0. The average Bonchev–Trinajstić information content (AvgIpc) is 2.92. The summed E-state index contributed by atoms with van der Waals surface area (Å²) in [6.45, 7) is 6.41. The van der Waals surface area contributed by atoms with Crippen molar-refractivity contribution in [3.63, 3.8) is 0 Å². The molecule has 0 spiro atoms. The van der Waals surface area contributed by atoms with Crippen LogP contribution in [0.3, 0.4) is 0 Å². The summed E-state index contributed by atoms with van der Waals surface area (Å²) in [5.74, 6) is -8.48. The summed E-state index contributed by atoms with van der Waals surface area (Å²) >= 11 is 0. The Morgan fingerprint density at radius 1 is 0.659 bits per heavy atom. The fourth-order valence-electron chi connectivity index (χ4n) is 3.58. The van der Waals surface area contributed by atoms with Crippen molar-refractivity contribution in [2.24, 2.45) is 33.5 Å². The third kappa shape index (κ3) is 9.38. The average molecular weight is 565 g/mol. The summed E-state index contributed by atoms with van der Waals surface area (Å²) in [5.41, 5.74) is 16.5. The lowest BCUT2D eigenvalue weighted by Gasteiger charge is -2.23. The van der Waals surface area contributed by atoms with Crippen molar-refractivity contribution in [3.05, 3.63) is 59.7 Å². The lowest BCUT2D eigenvalue weighted by atomic mass is 9.87. The summed E-state index contributed by atoms with van der Waals surface area (Å²) in [4.78, 5) is 72.8. The number of rotatable bonds is 10. The molecule has 41 heavy (non-hydrogen) atoms. The standard InChI is InChI=1S/C27H32N8O6/c1-14-9-5-7-11-20(14)30-24(38)18(16(3)32-34-26(40)22(28)36)13-19(17(4)33-35-27(41)23(29)37)25(39)31-21-12-8-6-10-15(21)2/h5-12,18-19H,13H2,1-4H3,(H2,28,36)(H2,29,37)(H,30,38)(H,31,39)(H,34,40)(H,35,41)/b32-16-,33-17+/t18-,19-/m0/s1. The summed E-state index contributed by atoms with van der Waals surface area (Å²) in [5, 5.41) is 13.3. The molecule has 2 aromatic rings. The van der Waals surface area contributed by atoms with Gasteiger partial charge in [0, 0.05) is 22.8 Å². The summed E-state index contributed by atoms with van der Waals surface area (Å²) in [7, 11) is 0. The van der Waals surface area contributed by atoms with Gasteiger partial charge in [0.15, 0.2) is 0 Å². The van der Waals surface area contributed by atoms with E-state index in [0.29, 0.717) is 11.4 Å². The molecule has 14 nitrogen and oxygen atoms in total. The van der Waals surface area contributed by atoms with Crippen molar-refractivity contribution in [1.82, 2.24) is 10.9 Å². The minimum atomic E-state index is -1.29. The number of hydrogen-bond donors (Lipinski definition) is 6. The largest absolute Gasteiger partial charge is 0.361 e. The Hall–Kier alpha value is -5.40. The van der Waals surface area contributed by atoms with E-state index in [-0.39, 0.29) is 17.8 Å². The van der Waals surface area contributed by atoms with Crippen LogP contribution < -0.4 is 33.0 Å². The first-order chi connectivity index (χ1) is 19.3. The molecule has 8 N–H and O–H groups in total. The molecule has 2 aromatic carbocycles. The zero-order valence-corrected chi connectivity index (χ0v) is 23.0. The smallest absolute Gasteiger partial charge is 0.329 e. The predicted octanol–water partition coefficient (Wildman–Crippen LogP) is 0.458. The Labute approximate surface area is 236 Å². The fraction of sp³-hybridized carbons (Fsp3) is 0.259. The van der Waals surface area contributed by atoms with Crippen molar-refractivity contribution in [3.8, 4) is 0 Å². The number of aryl methyl sites for hydroxylation is 2. The molecule has 0 bridgehead atoms. The topological polar surface area (TPSA) is 227 Å². The van der Waals surface area contributed by atoms with E-state index in [1.54, 1.807) is 62.4 Å². The van der Waals surface area contributed by atoms with Crippen LogP contribution in [-0.2, 0) is 28.8 Å². The number of benzene rings is 2. The number of amides is 6. The number of para-hydroxylation sites is 2. The minimum Gasteiger partial charge on any atom is -0.361 e.